The van der Waals surface area contributed by atoms with Crippen molar-refractivity contribution in [3.05, 3.63) is 0 Å². The molecule has 0 N–H and O–H groups in total. The zero-order chi connectivity index (χ0) is 16.6. The number of rotatable bonds is 14. The molecule has 0 amide bonds. The van der Waals surface area contributed by atoms with E-state index in [4.69, 9.17) is 9.68 Å². The summed E-state index contributed by atoms with van der Waals surface area (Å²) in [5.74, 6) is 0. The lowest BCUT2D eigenvalue weighted by atomic mass is 10.3. The van der Waals surface area contributed by atoms with Crippen LogP contribution in [0.4, 0.5) is 4.79 Å². The molecule has 0 aliphatic rings. The summed E-state index contributed by atoms with van der Waals surface area (Å²) in [5, 5.41) is 3.49. The highest BCUT2D eigenvalue weighted by atomic mass is 16.9. The van der Waals surface area contributed by atoms with Gasteiger partial charge in [0, 0.05) is 26.2 Å². The molecule has 0 atom stereocenters. The fraction of sp³-hybridized carbons (Fsp3) is 0.941. The maximum atomic E-state index is 12.0. The molecule has 0 bridgehead atoms. The Labute approximate surface area is 136 Å². The Morgan fingerprint density at radius 1 is 0.636 bits per heavy atom. The van der Waals surface area contributed by atoms with Crippen molar-refractivity contribution < 1.29 is 14.5 Å². The molecular weight excluding hydrogens is 280 g/mol. The zero-order valence-electron chi connectivity index (χ0n) is 15.1. The third kappa shape index (κ3) is 11.8. The average Bonchev–Trinajstić information content (AvgIpc) is 2.52. The Hall–Kier alpha value is -0.810. The second kappa shape index (κ2) is 15.1. The van der Waals surface area contributed by atoms with Gasteiger partial charge in [0.1, 0.15) is 0 Å². The number of carbonyl (C=O) groups is 1. The molecule has 0 aliphatic heterocycles. The van der Waals surface area contributed by atoms with Crippen LogP contribution in [0.2, 0.25) is 0 Å². The Kier molecular flexibility index (Phi) is 14.5. The van der Waals surface area contributed by atoms with Crippen molar-refractivity contribution in [2.45, 2.75) is 79.1 Å². The Balaban J connectivity index is 4.27. The summed E-state index contributed by atoms with van der Waals surface area (Å²) in [5.41, 5.74) is 0. The molecule has 0 heterocycles. The van der Waals surface area contributed by atoms with E-state index in [0.717, 1.165) is 77.5 Å². The first-order valence-corrected chi connectivity index (χ1v) is 9.07. The number of unbranched alkanes of at least 4 members (excludes halogenated alkanes) is 4. The van der Waals surface area contributed by atoms with Gasteiger partial charge in [0.15, 0.2) is 0 Å². The summed E-state index contributed by atoms with van der Waals surface area (Å²) in [6.45, 7) is 11.6. The molecule has 132 valence electrons. The SMILES string of the molecule is CCCCN(CCCC)OC(=O)ON(CCCC)CCCC. The van der Waals surface area contributed by atoms with Crippen molar-refractivity contribution in [3.8, 4) is 0 Å². The molecule has 0 saturated carbocycles. The van der Waals surface area contributed by atoms with E-state index in [1.165, 1.54) is 0 Å². The van der Waals surface area contributed by atoms with Crippen LogP contribution in [-0.2, 0) is 9.68 Å². The van der Waals surface area contributed by atoms with Gasteiger partial charge in [0.2, 0.25) is 0 Å². The van der Waals surface area contributed by atoms with Crippen LogP contribution < -0.4 is 0 Å². The third-order valence-electron chi connectivity index (χ3n) is 3.45. The van der Waals surface area contributed by atoms with Crippen molar-refractivity contribution in [1.29, 1.82) is 0 Å². The number of nitrogens with zero attached hydrogens (tertiary/aromatic N) is 2. The molecular formula is C17H36N2O3. The van der Waals surface area contributed by atoms with Gasteiger partial charge in [-0.05, 0) is 25.7 Å². The summed E-state index contributed by atoms with van der Waals surface area (Å²) in [6, 6.07) is 0. The highest BCUT2D eigenvalue weighted by Crippen LogP contribution is 2.05. The molecule has 22 heavy (non-hydrogen) atoms. The highest BCUT2D eigenvalue weighted by Gasteiger charge is 2.16. The predicted molar refractivity (Wildman–Crippen MR) is 90.3 cm³/mol. The van der Waals surface area contributed by atoms with Gasteiger partial charge in [-0.3, -0.25) is 0 Å². The van der Waals surface area contributed by atoms with E-state index in [-0.39, 0.29) is 0 Å². The number of carbonyl (C=O) groups excluding carboxylic acids is 1. The summed E-state index contributed by atoms with van der Waals surface area (Å²) in [7, 11) is 0. The maximum Gasteiger partial charge on any atom is 0.547 e. The Morgan fingerprint density at radius 2 is 0.909 bits per heavy atom. The molecule has 0 unspecified atom stereocenters. The van der Waals surface area contributed by atoms with Gasteiger partial charge in [0.05, 0.1) is 0 Å². The van der Waals surface area contributed by atoms with Crippen LogP contribution in [0, 0.1) is 0 Å². The molecule has 0 aromatic rings. The zero-order valence-corrected chi connectivity index (χ0v) is 15.1. The average molecular weight is 316 g/mol. The topological polar surface area (TPSA) is 42.0 Å². The van der Waals surface area contributed by atoms with E-state index in [0.29, 0.717) is 0 Å². The van der Waals surface area contributed by atoms with Crippen LogP contribution >= 0.6 is 0 Å². The number of hydroxylamine groups is 4. The first kappa shape index (κ1) is 21.2. The summed E-state index contributed by atoms with van der Waals surface area (Å²) in [4.78, 5) is 22.7. The molecule has 0 fully saturated rings. The quantitative estimate of drug-likeness (QED) is 0.432. The molecule has 5 heteroatoms. The molecule has 0 radical (unpaired) electrons. The van der Waals surface area contributed by atoms with Crippen LogP contribution in [0.15, 0.2) is 0 Å². The highest BCUT2D eigenvalue weighted by molar-refractivity contribution is 5.59. The molecule has 0 aromatic heterocycles. The molecule has 5 nitrogen and oxygen atoms in total. The van der Waals surface area contributed by atoms with E-state index in [2.05, 4.69) is 27.7 Å². The standard InChI is InChI=1S/C17H36N2O3/c1-5-9-13-18(14-10-6-2)21-17(20)22-19(15-11-7-3)16-12-8-4/h5-16H2,1-4H3. The van der Waals surface area contributed by atoms with E-state index >= 15 is 0 Å². The molecule has 0 aromatic carbocycles. The first-order chi connectivity index (χ1) is 10.7. The molecule has 0 saturated heterocycles. The van der Waals surface area contributed by atoms with Crippen LogP contribution in [0.5, 0.6) is 0 Å². The Morgan fingerprint density at radius 3 is 1.14 bits per heavy atom. The smallest absolute Gasteiger partial charge is 0.334 e. The molecule has 0 rings (SSSR count). The van der Waals surface area contributed by atoms with Crippen LogP contribution in [0.25, 0.3) is 0 Å². The van der Waals surface area contributed by atoms with E-state index < -0.39 is 6.16 Å². The number of hydrogen-bond donors (Lipinski definition) is 0. The summed E-state index contributed by atoms with van der Waals surface area (Å²) in [6.07, 6.45) is 7.82. The predicted octanol–water partition coefficient (Wildman–Crippen LogP) is 4.77. The van der Waals surface area contributed by atoms with E-state index in [1.807, 2.05) is 0 Å². The van der Waals surface area contributed by atoms with Gasteiger partial charge >= 0.3 is 6.16 Å². The molecule has 0 aliphatic carbocycles. The van der Waals surface area contributed by atoms with Crippen molar-refractivity contribution in [2.24, 2.45) is 0 Å². The van der Waals surface area contributed by atoms with Gasteiger partial charge < -0.3 is 9.68 Å². The van der Waals surface area contributed by atoms with E-state index in [9.17, 15) is 4.79 Å². The molecule has 0 spiro atoms. The minimum absolute atomic E-state index is 0.598. The van der Waals surface area contributed by atoms with Crippen LogP contribution in [0.3, 0.4) is 0 Å². The fourth-order valence-corrected chi connectivity index (χ4v) is 1.97. The van der Waals surface area contributed by atoms with Crippen LogP contribution in [-0.4, -0.2) is 42.5 Å². The minimum Gasteiger partial charge on any atom is -0.334 e. The first-order valence-electron chi connectivity index (χ1n) is 9.07. The van der Waals surface area contributed by atoms with Gasteiger partial charge in [-0.25, -0.2) is 0 Å². The normalized spacial score (nSPS) is 11.2. The summed E-state index contributed by atoms with van der Waals surface area (Å²) >= 11 is 0. The van der Waals surface area contributed by atoms with Crippen molar-refractivity contribution in [2.75, 3.05) is 26.2 Å². The van der Waals surface area contributed by atoms with Gasteiger partial charge in [-0.15, -0.1) is 10.1 Å². The lowest BCUT2D eigenvalue weighted by Gasteiger charge is -2.24. The van der Waals surface area contributed by atoms with Crippen molar-refractivity contribution in [3.63, 3.8) is 0 Å². The van der Waals surface area contributed by atoms with Gasteiger partial charge in [0.25, 0.3) is 0 Å². The Bertz CT molecular complexity index is 222. The third-order valence-corrected chi connectivity index (χ3v) is 3.45. The monoisotopic (exact) mass is 316 g/mol. The van der Waals surface area contributed by atoms with E-state index in [1.54, 1.807) is 10.1 Å². The summed E-state index contributed by atoms with van der Waals surface area (Å²) < 4.78 is 0. The maximum absolute atomic E-state index is 12.0. The van der Waals surface area contributed by atoms with Gasteiger partial charge in [-0.1, -0.05) is 53.4 Å². The van der Waals surface area contributed by atoms with Gasteiger partial charge in [-0.2, -0.15) is 4.79 Å². The second-order valence-electron chi connectivity index (χ2n) is 5.70. The minimum atomic E-state index is -0.598. The number of hydrogen-bond acceptors (Lipinski definition) is 5. The lowest BCUT2D eigenvalue weighted by molar-refractivity contribution is -0.189. The van der Waals surface area contributed by atoms with Crippen LogP contribution in [0.1, 0.15) is 79.1 Å². The van der Waals surface area contributed by atoms with Crippen molar-refractivity contribution in [1.82, 2.24) is 10.1 Å². The second-order valence-corrected chi connectivity index (χ2v) is 5.70. The fourth-order valence-electron chi connectivity index (χ4n) is 1.97. The lowest BCUT2D eigenvalue weighted by Crippen LogP contribution is -2.35. The van der Waals surface area contributed by atoms with Crippen molar-refractivity contribution >= 4 is 6.16 Å². The largest absolute Gasteiger partial charge is 0.547 e.